The topological polar surface area (TPSA) is 54.9 Å². The number of nitrogens with zero attached hydrogens (tertiary/aromatic N) is 2. The molecule has 98 valence electrons. The molecular formula is C12H8Cl3N3O. The van der Waals surface area contributed by atoms with Crippen molar-refractivity contribution in [1.82, 2.24) is 9.97 Å². The fourth-order valence-corrected chi connectivity index (χ4v) is 1.81. The van der Waals surface area contributed by atoms with Crippen LogP contribution in [0.25, 0.3) is 0 Å². The molecule has 2 aromatic rings. The maximum atomic E-state index is 12.0. The SMILES string of the molecule is Cc1ccc(C(=O)Nc2ncnc(Cl)c2Cl)cc1Cl. The summed E-state index contributed by atoms with van der Waals surface area (Å²) in [5.41, 5.74) is 1.29. The molecule has 0 aliphatic rings. The third-order valence-corrected chi connectivity index (χ3v) is 3.56. The molecule has 19 heavy (non-hydrogen) atoms. The third kappa shape index (κ3) is 3.15. The summed E-state index contributed by atoms with van der Waals surface area (Å²) in [4.78, 5) is 19.6. The van der Waals surface area contributed by atoms with Crippen molar-refractivity contribution in [3.8, 4) is 0 Å². The lowest BCUT2D eigenvalue weighted by atomic mass is 10.1. The van der Waals surface area contributed by atoms with Gasteiger partial charge in [0.05, 0.1) is 0 Å². The molecule has 0 fully saturated rings. The normalized spacial score (nSPS) is 10.3. The van der Waals surface area contributed by atoms with Crippen LogP contribution < -0.4 is 5.32 Å². The number of hydrogen-bond donors (Lipinski definition) is 1. The van der Waals surface area contributed by atoms with Crippen LogP contribution in [-0.4, -0.2) is 15.9 Å². The van der Waals surface area contributed by atoms with Gasteiger partial charge in [0.15, 0.2) is 11.0 Å². The number of hydrogen-bond acceptors (Lipinski definition) is 3. The van der Waals surface area contributed by atoms with Gasteiger partial charge in [0.25, 0.3) is 5.91 Å². The van der Waals surface area contributed by atoms with Gasteiger partial charge in [0.2, 0.25) is 0 Å². The molecule has 0 radical (unpaired) electrons. The minimum Gasteiger partial charge on any atom is -0.305 e. The molecule has 0 aliphatic heterocycles. The van der Waals surface area contributed by atoms with Crippen molar-refractivity contribution in [2.45, 2.75) is 6.92 Å². The van der Waals surface area contributed by atoms with Crippen LogP contribution in [0.4, 0.5) is 5.82 Å². The van der Waals surface area contributed by atoms with Crippen LogP contribution in [-0.2, 0) is 0 Å². The second-order valence-electron chi connectivity index (χ2n) is 3.75. The van der Waals surface area contributed by atoms with Crippen LogP contribution in [0.5, 0.6) is 0 Å². The summed E-state index contributed by atoms with van der Waals surface area (Å²) in [5.74, 6) is -0.220. The van der Waals surface area contributed by atoms with Crippen molar-refractivity contribution < 1.29 is 4.79 Å². The van der Waals surface area contributed by atoms with Crippen LogP contribution in [0, 0.1) is 6.92 Å². The molecule has 0 bridgehead atoms. The first-order valence-electron chi connectivity index (χ1n) is 5.22. The van der Waals surface area contributed by atoms with Gasteiger partial charge in [0, 0.05) is 10.6 Å². The molecule has 7 heteroatoms. The molecule has 1 amide bonds. The summed E-state index contributed by atoms with van der Waals surface area (Å²) in [6, 6.07) is 4.99. The predicted molar refractivity (Wildman–Crippen MR) is 76.2 cm³/mol. The molecule has 1 heterocycles. The smallest absolute Gasteiger partial charge is 0.256 e. The number of halogens is 3. The van der Waals surface area contributed by atoms with Crippen molar-refractivity contribution in [2.24, 2.45) is 0 Å². The molecule has 1 N–H and O–H groups in total. The van der Waals surface area contributed by atoms with E-state index in [2.05, 4.69) is 15.3 Å². The number of benzene rings is 1. The fraction of sp³-hybridized carbons (Fsp3) is 0.0833. The highest BCUT2D eigenvalue weighted by Gasteiger charge is 2.13. The third-order valence-electron chi connectivity index (χ3n) is 2.41. The number of nitrogens with one attached hydrogen (secondary N) is 1. The first kappa shape index (κ1) is 14.1. The number of amides is 1. The van der Waals surface area contributed by atoms with E-state index in [0.29, 0.717) is 10.6 Å². The molecule has 0 atom stereocenters. The number of aryl methyl sites for hydroxylation is 1. The lowest BCUT2D eigenvalue weighted by Crippen LogP contribution is -2.13. The van der Waals surface area contributed by atoms with Gasteiger partial charge in [-0.25, -0.2) is 9.97 Å². The Morgan fingerprint density at radius 2 is 1.95 bits per heavy atom. The second kappa shape index (κ2) is 5.74. The van der Waals surface area contributed by atoms with Gasteiger partial charge in [-0.05, 0) is 24.6 Å². The molecule has 1 aromatic carbocycles. The Morgan fingerprint density at radius 3 is 2.63 bits per heavy atom. The van der Waals surface area contributed by atoms with Crippen LogP contribution in [0.15, 0.2) is 24.5 Å². The highest BCUT2D eigenvalue weighted by Crippen LogP contribution is 2.26. The number of rotatable bonds is 2. The number of carbonyl (C=O) groups is 1. The molecular weight excluding hydrogens is 309 g/mol. The van der Waals surface area contributed by atoms with Gasteiger partial charge in [-0.1, -0.05) is 40.9 Å². The zero-order valence-electron chi connectivity index (χ0n) is 9.75. The monoisotopic (exact) mass is 315 g/mol. The fourth-order valence-electron chi connectivity index (χ4n) is 1.35. The lowest BCUT2D eigenvalue weighted by molar-refractivity contribution is 0.102. The van der Waals surface area contributed by atoms with Crippen molar-refractivity contribution in [2.75, 3.05) is 5.32 Å². The highest BCUT2D eigenvalue weighted by molar-refractivity contribution is 6.43. The Labute approximate surface area is 124 Å². The largest absolute Gasteiger partial charge is 0.305 e. The number of carbonyl (C=O) groups excluding carboxylic acids is 1. The standard InChI is InChI=1S/C12H8Cl3N3O/c1-6-2-3-7(4-8(6)13)12(19)18-11-9(14)10(15)16-5-17-11/h2-5H,1H3,(H,16,17,18,19). The second-order valence-corrected chi connectivity index (χ2v) is 4.89. The Kier molecular flexibility index (Phi) is 4.24. The van der Waals surface area contributed by atoms with Crippen molar-refractivity contribution in [3.05, 3.63) is 50.9 Å². The van der Waals surface area contributed by atoms with Gasteiger partial charge in [-0.15, -0.1) is 0 Å². The number of anilines is 1. The van der Waals surface area contributed by atoms with Crippen LogP contribution in [0.2, 0.25) is 15.2 Å². The van der Waals surface area contributed by atoms with E-state index in [4.69, 9.17) is 34.8 Å². The molecule has 0 unspecified atom stereocenters. The van der Waals surface area contributed by atoms with E-state index >= 15 is 0 Å². The Balaban J connectivity index is 2.26. The van der Waals surface area contributed by atoms with Gasteiger partial charge >= 0.3 is 0 Å². The summed E-state index contributed by atoms with van der Waals surface area (Å²) in [6.45, 7) is 1.85. The van der Waals surface area contributed by atoms with E-state index in [1.54, 1.807) is 18.2 Å². The maximum absolute atomic E-state index is 12.0. The van der Waals surface area contributed by atoms with Crippen molar-refractivity contribution >= 4 is 46.5 Å². The van der Waals surface area contributed by atoms with Crippen LogP contribution in [0.3, 0.4) is 0 Å². The Morgan fingerprint density at radius 1 is 1.21 bits per heavy atom. The van der Waals surface area contributed by atoms with E-state index in [-0.39, 0.29) is 21.9 Å². The summed E-state index contributed by atoms with van der Waals surface area (Å²) in [7, 11) is 0. The summed E-state index contributed by atoms with van der Waals surface area (Å²) in [6.07, 6.45) is 1.21. The minimum absolute atomic E-state index is 0.0777. The van der Waals surface area contributed by atoms with Crippen molar-refractivity contribution in [1.29, 1.82) is 0 Å². The van der Waals surface area contributed by atoms with Gasteiger partial charge in [-0.3, -0.25) is 4.79 Å². The predicted octanol–water partition coefficient (Wildman–Crippen LogP) is 4.00. The quantitative estimate of drug-likeness (QED) is 0.852. The summed E-state index contributed by atoms with van der Waals surface area (Å²) in [5, 5.41) is 3.23. The number of aromatic nitrogens is 2. The van der Waals surface area contributed by atoms with E-state index < -0.39 is 0 Å². The van der Waals surface area contributed by atoms with E-state index in [9.17, 15) is 4.79 Å². The molecule has 1 aromatic heterocycles. The minimum atomic E-state index is -0.376. The van der Waals surface area contributed by atoms with E-state index in [1.165, 1.54) is 6.33 Å². The van der Waals surface area contributed by atoms with Crippen LogP contribution >= 0.6 is 34.8 Å². The van der Waals surface area contributed by atoms with Gasteiger partial charge in [-0.2, -0.15) is 0 Å². The average molecular weight is 317 g/mol. The molecule has 4 nitrogen and oxygen atoms in total. The Hall–Kier alpha value is -1.36. The molecule has 2 rings (SSSR count). The average Bonchev–Trinajstić information content (AvgIpc) is 2.38. The van der Waals surface area contributed by atoms with E-state index in [0.717, 1.165) is 5.56 Å². The summed E-state index contributed by atoms with van der Waals surface area (Å²) >= 11 is 17.6. The van der Waals surface area contributed by atoms with Crippen LogP contribution in [0.1, 0.15) is 15.9 Å². The maximum Gasteiger partial charge on any atom is 0.256 e. The molecule has 0 saturated heterocycles. The molecule has 0 aliphatic carbocycles. The zero-order chi connectivity index (χ0) is 14.0. The van der Waals surface area contributed by atoms with Crippen molar-refractivity contribution in [3.63, 3.8) is 0 Å². The van der Waals surface area contributed by atoms with Gasteiger partial charge < -0.3 is 5.32 Å². The first-order chi connectivity index (χ1) is 8.99. The van der Waals surface area contributed by atoms with E-state index in [1.807, 2.05) is 6.92 Å². The molecule has 0 saturated carbocycles. The van der Waals surface area contributed by atoms with Gasteiger partial charge in [0.1, 0.15) is 11.3 Å². The highest BCUT2D eigenvalue weighted by atomic mass is 35.5. The zero-order valence-corrected chi connectivity index (χ0v) is 12.0. The first-order valence-corrected chi connectivity index (χ1v) is 6.36. The summed E-state index contributed by atoms with van der Waals surface area (Å²) < 4.78 is 0. The lowest BCUT2D eigenvalue weighted by Gasteiger charge is -2.07. The molecule has 0 spiro atoms. The Bertz CT molecular complexity index is 646.